The Morgan fingerprint density at radius 3 is 2.85 bits per heavy atom. The molecule has 3 heteroatoms. The van der Waals surface area contributed by atoms with Crippen LogP contribution in [0, 0.1) is 0 Å². The topological polar surface area (TPSA) is 15.3 Å². The van der Waals surface area contributed by atoms with Crippen LogP contribution in [0.4, 0.5) is 5.69 Å². The number of hydrogen-bond donors (Lipinski definition) is 1. The van der Waals surface area contributed by atoms with Crippen molar-refractivity contribution in [3.05, 3.63) is 28.2 Å². The van der Waals surface area contributed by atoms with E-state index in [4.69, 9.17) is 0 Å². The van der Waals surface area contributed by atoms with Gasteiger partial charge < -0.3 is 10.2 Å². The summed E-state index contributed by atoms with van der Waals surface area (Å²) in [6.07, 6.45) is 5.26. The first-order chi connectivity index (χ1) is 9.67. The zero-order valence-electron chi connectivity index (χ0n) is 13.0. The van der Waals surface area contributed by atoms with Gasteiger partial charge in [-0.1, -0.05) is 35.8 Å². The van der Waals surface area contributed by atoms with E-state index in [1.807, 2.05) is 0 Å². The summed E-state index contributed by atoms with van der Waals surface area (Å²) >= 11 is 3.65. The molecule has 1 heterocycles. The minimum Gasteiger partial charge on any atom is -0.368 e. The molecule has 1 aliphatic heterocycles. The van der Waals surface area contributed by atoms with Gasteiger partial charge in [-0.2, -0.15) is 0 Å². The Balaban J connectivity index is 2.34. The van der Waals surface area contributed by atoms with Gasteiger partial charge in [-0.05, 0) is 56.8 Å². The molecule has 1 aromatic rings. The van der Waals surface area contributed by atoms with Crippen molar-refractivity contribution in [2.45, 2.75) is 58.5 Å². The van der Waals surface area contributed by atoms with Gasteiger partial charge in [0.15, 0.2) is 0 Å². The molecule has 0 saturated carbocycles. The number of nitrogens with zero attached hydrogens (tertiary/aromatic N) is 1. The molecule has 2 unspecified atom stereocenters. The minimum absolute atomic E-state index is 0.405. The summed E-state index contributed by atoms with van der Waals surface area (Å²) in [7, 11) is 0. The van der Waals surface area contributed by atoms with E-state index in [9.17, 15) is 0 Å². The summed E-state index contributed by atoms with van der Waals surface area (Å²) in [6.45, 7) is 8.95. The lowest BCUT2D eigenvalue weighted by molar-refractivity contribution is 0.447. The Bertz CT molecular complexity index is 433. The molecule has 0 amide bonds. The Hall–Kier alpha value is -0.540. The van der Waals surface area contributed by atoms with Crippen LogP contribution in [-0.4, -0.2) is 19.1 Å². The Labute approximate surface area is 132 Å². The number of nitrogens with one attached hydrogen (secondary N) is 1. The van der Waals surface area contributed by atoms with Crippen molar-refractivity contribution >= 4 is 21.6 Å². The molecule has 0 bridgehead atoms. The fourth-order valence-corrected chi connectivity index (χ4v) is 3.64. The number of rotatable bonds is 5. The summed E-state index contributed by atoms with van der Waals surface area (Å²) in [5.41, 5.74) is 2.84. The molecule has 0 spiro atoms. The van der Waals surface area contributed by atoms with E-state index in [-0.39, 0.29) is 0 Å². The molecule has 0 aliphatic carbocycles. The third kappa shape index (κ3) is 3.56. The van der Waals surface area contributed by atoms with E-state index in [0.29, 0.717) is 12.1 Å². The Kier molecular flexibility index (Phi) is 5.91. The molecule has 0 radical (unpaired) electrons. The number of anilines is 1. The predicted octanol–water partition coefficient (Wildman–Crippen LogP) is 4.89. The van der Waals surface area contributed by atoms with Crippen molar-refractivity contribution in [2.24, 2.45) is 0 Å². The van der Waals surface area contributed by atoms with Crippen molar-refractivity contribution in [1.29, 1.82) is 0 Å². The van der Waals surface area contributed by atoms with Crippen LogP contribution in [0.5, 0.6) is 0 Å². The largest absolute Gasteiger partial charge is 0.368 e. The second-order valence-electron chi connectivity index (χ2n) is 5.73. The molecule has 20 heavy (non-hydrogen) atoms. The van der Waals surface area contributed by atoms with Gasteiger partial charge in [-0.3, -0.25) is 0 Å². The lowest BCUT2D eigenvalue weighted by Crippen LogP contribution is -2.40. The molecule has 0 aromatic heterocycles. The third-order valence-electron chi connectivity index (χ3n) is 4.38. The first-order valence-electron chi connectivity index (χ1n) is 7.96. The van der Waals surface area contributed by atoms with Gasteiger partial charge in [0.2, 0.25) is 0 Å². The van der Waals surface area contributed by atoms with Crippen molar-refractivity contribution in [1.82, 2.24) is 5.32 Å². The van der Waals surface area contributed by atoms with E-state index in [1.165, 1.54) is 48.0 Å². The van der Waals surface area contributed by atoms with Crippen LogP contribution >= 0.6 is 15.9 Å². The third-order valence-corrected chi connectivity index (χ3v) is 4.87. The molecule has 1 aliphatic rings. The highest BCUT2D eigenvalue weighted by atomic mass is 79.9. The zero-order valence-corrected chi connectivity index (χ0v) is 14.5. The molecule has 1 N–H and O–H groups in total. The van der Waals surface area contributed by atoms with Gasteiger partial charge >= 0.3 is 0 Å². The van der Waals surface area contributed by atoms with Gasteiger partial charge in [0.25, 0.3) is 0 Å². The second-order valence-corrected chi connectivity index (χ2v) is 6.65. The molecular weight excluding hydrogens is 312 g/mol. The van der Waals surface area contributed by atoms with Crippen molar-refractivity contribution in [2.75, 3.05) is 18.0 Å². The van der Waals surface area contributed by atoms with E-state index in [0.717, 1.165) is 6.54 Å². The van der Waals surface area contributed by atoms with Crippen LogP contribution in [0.2, 0.25) is 0 Å². The highest BCUT2D eigenvalue weighted by molar-refractivity contribution is 9.10. The molecule has 1 fully saturated rings. The van der Waals surface area contributed by atoms with E-state index >= 15 is 0 Å². The Morgan fingerprint density at radius 1 is 1.35 bits per heavy atom. The fourth-order valence-electron chi connectivity index (χ4n) is 3.29. The maximum Gasteiger partial charge on any atom is 0.0428 e. The lowest BCUT2D eigenvalue weighted by Gasteiger charge is -2.39. The Morgan fingerprint density at radius 2 is 2.15 bits per heavy atom. The number of hydrogen-bond acceptors (Lipinski definition) is 2. The van der Waals surface area contributed by atoms with Gasteiger partial charge in [-0.15, -0.1) is 0 Å². The molecule has 2 nitrogen and oxygen atoms in total. The van der Waals surface area contributed by atoms with Gasteiger partial charge in [0, 0.05) is 28.8 Å². The highest BCUT2D eigenvalue weighted by Gasteiger charge is 2.24. The average molecular weight is 339 g/mol. The normalized spacial score (nSPS) is 21.0. The number of benzene rings is 1. The average Bonchev–Trinajstić information content (AvgIpc) is 2.47. The smallest absolute Gasteiger partial charge is 0.0428 e. The summed E-state index contributed by atoms with van der Waals surface area (Å²) in [4.78, 5) is 2.64. The molecule has 2 atom stereocenters. The zero-order chi connectivity index (χ0) is 14.5. The maximum atomic E-state index is 3.65. The standard InChI is InChI=1S/C17H27BrN2/c1-4-15-8-6-7-11-20(15)17-12-14(18)9-10-16(17)13(3)19-5-2/h9-10,12-13,15,19H,4-8,11H2,1-3H3. The molecule has 112 valence electrons. The summed E-state index contributed by atoms with van der Waals surface area (Å²) in [5.74, 6) is 0. The van der Waals surface area contributed by atoms with Crippen LogP contribution < -0.4 is 10.2 Å². The maximum absolute atomic E-state index is 3.65. The van der Waals surface area contributed by atoms with Gasteiger partial charge in [0.05, 0.1) is 0 Å². The van der Waals surface area contributed by atoms with Crippen LogP contribution in [-0.2, 0) is 0 Å². The van der Waals surface area contributed by atoms with Gasteiger partial charge in [-0.25, -0.2) is 0 Å². The monoisotopic (exact) mass is 338 g/mol. The van der Waals surface area contributed by atoms with E-state index in [1.54, 1.807) is 0 Å². The summed E-state index contributed by atoms with van der Waals surface area (Å²) < 4.78 is 1.18. The van der Waals surface area contributed by atoms with Crippen molar-refractivity contribution in [3.8, 4) is 0 Å². The van der Waals surface area contributed by atoms with Gasteiger partial charge in [0.1, 0.15) is 0 Å². The first kappa shape index (κ1) is 15.8. The van der Waals surface area contributed by atoms with Crippen molar-refractivity contribution in [3.63, 3.8) is 0 Å². The quantitative estimate of drug-likeness (QED) is 0.822. The van der Waals surface area contributed by atoms with Crippen LogP contribution in [0.3, 0.4) is 0 Å². The fraction of sp³-hybridized carbons (Fsp3) is 0.647. The van der Waals surface area contributed by atoms with Crippen LogP contribution in [0.15, 0.2) is 22.7 Å². The highest BCUT2D eigenvalue weighted by Crippen LogP contribution is 2.34. The number of piperidine rings is 1. The summed E-state index contributed by atoms with van der Waals surface area (Å²) in [5, 5.41) is 3.55. The molecule has 2 rings (SSSR count). The molecular formula is C17H27BrN2. The first-order valence-corrected chi connectivity index (χ1v) is 8.76. The summed E-state index contributed by atoms with van der Waals surface area (Å²) in [6, 6.07) is 7.84. The van der Waals surface area contributed by atoms with Crippen LogP contribution in [0.1, 0.15) is 58.1 Å². The predicted molar refractivity (Wildman–Crippen MR) is 91.5 cm³/mol. The number of halogens is 1. The minimum atomic E-state index is 0.405. The molecule has 1 saturated heterocycles. The van der Waals surface area contributed by atoms with E-state index < -0.39 is 0 Å². The molecule has 1 aromatic carbocycles. The second kappa shape index (κ2) is 7.46. The van der Waals surface area contributed by atoms with E-state index in [2.05, 4.69) is 65.1 Å². The lowest BCUT2D eigenvalue weighted by atomic mass is 9.96. The SMILES string of the molecule is CCNC(C)c1ccc(Br)cc1N1CCCCC1CC. The van der Waals surface area contributed by atoms with Crippen LogP contribution in [0.25, 0.3) is 0 Å². The van der Waals surface area contributed by atoms with Crippen molar-refractivity contribution < 1.29 is 0 Å².